The van der Waals surface area contributed by atoms with Crippen LogP contribution in [0.1, 0.15) is 11.7 Å². The average Bonchev–Trinajstić information content (AvgIpc) is 2.47. The molecule has 2 aromatic heterocycles. The van der Waals surface area contributed by atoms with Gasteiger partial charge in [0.15, 0.2) is 5.65 Å². The molecular weight excluding hydrogens is 156 g/mol. The van der Waals surface area contributed by atoms with Crippen molar-refractivity contribution in [3.63, 3.8) is 0 Å². The molecular formula is C7H6N4O. The molecule has 0 aliphatic carbocycles. The van der Waals surface area contributed by atoms with Gasteiger partial charge in [-0.25, -0.2) is 9.97 Å². The van der Waals surface area contributed by atoms with Crippen LogP contribution in [0.25, 0.3) is 11.0 Å². The molecule has 0 aliphatic heterocycles. The SMILES string of the molecule is CC(=O)n1ncc2cncnc21. The van der Waals surface area contributed by atoms with Crippen LogP contribution < -0.4 is 0 Å². The number of nitrogens with zero attached hydrogens (tertiary/aromatic N) is 4. The third-order valence-electron chi connectivity index (χ3n) is 1.53. The van der Waals surface area contributed by atoms with E-state index in [1.165, 1.54) is 17.9 Å². The van der Waals surface area contributed by atoms with Gasteiger partial charge in [0, 0.05) is 13.1 Å². The van der Waals surface area contributed by atoms with Crippen molar-refractivity contribution in [3.8, 4) is 0 Å². The molecule has 12 heavy (non-hydrogen) atoms. The first kappa shape index (κ1) is 6.90. The van der Waals surface area contributed by atoms with Gasteiger partial charge >= 0.3 is 0 Å². The molecule has 0 radical (unpaired) electrons. The first-order valence-electron chi connectivity index (χ1n) is 3.44. The largest absolute Gasteiger partial charge is 0.273 e. The van der Waals surface area contributed by atoms with Crippen molar-refractivity contribution in [3.05, 3.63) is 18.7 Å². The fraction of sp³-hybridized carbons (Fsp3) is 0.143. The summed E-state index contributed by atoms with van der Waals surface area (Å²) in [4.78, 5) is 18.7. The molecule has 0 unspecified atom stereocenters. The van der Waals surface area contributed by atoms with E-state index in [1.807, 2.05) is 0 Å². The van der Waals surface area contributed by atoms with Crippen molar-refractivity contribution in [1.29, 1.82) is 0 Å². The topological polar surface area (TPSA) is 60.7 Å². The summed E-state index contributed by atoms with van der Waals surface area (Å²) in [5, 5.41) is 4.63. The minimum absolute atomic E-state index is 0.149. The summed E-state index contributed by atoms with van der Waals surface area (Å²) in [6.07, 6.45) is 4.58. The molecule has 0 amide bonds. The van der Waals surface area contributed by atoms with E-state index in [0.717, 1.165) is 5.39 Å². The summed E-state index contributed by atoms with van der Waals surface area (Å²) in [5.41, 5.74) is 0.553. The Morgan fingerprint density at radius 3 is 3.08 bits per heavy atom. The standard InChI is InChI=1S/C7H6N4O/c1-5(12)11-7-6(3-10-11)2-8-4-9-7/h2-4H,1H3. The Morgan fingerprint density at radius 1 is 1.50 bits per heavy atom. The molecule has 0 saturated heterocycles. The molecule has 0 saturated carbocycles. The minimum atomic E-state index is -0.149. The van der Waals surface area contributed by atoms with Gasteiger partial charge in [0.1, 0.15) is 6.33 Å². The summed E-state index contributed by atoms with van der Waals surface area (Å²) in [6.45, 7) is 1.44. The molecule has 60 valence electrons. The van der Waals surface area contributed by atoms with Crippen LogP contribution in [0.3, 0.4) is 0 Å². The number of fused-ring (bicyclic) bond motifs is 1. The zero-order chi connectivity index (χ0) is 8.55. The van der Waals surface area contributed by atoms with E-state index < -0.39 is 0 Å². The van der Waals surface area contributed by atoms with Crippen molar-refractivity contribution in [1.82, 2.24) is 19.7 Å². The van der Waals surface area contributed by atoms with Crippen LogP contribution in [0.2, 0.25) is 0 Å². The monoisotopic (exact) mass is 162 g/mol. The molecule has 2 aromatic rings. The number of carbonyl (C=O) groups excluding carboxylic acids is 1. The van der Waals surface area contributed by atoms with Crippen LogP contribution >= 0.6 is 0 Å². The number of hydrogen-bond donors (Lipinski definition) is 0. The highest BCUT2D eigenvalue weighted by atomic mass is 16.2. The normalized spacial score (nSPS) is 10.4. The molecule has 5 heteroatoms. The number of rotatable bonds is 0. The van der Waals surface area contributed by atoms with Crippen LogP contribution in [0.5, 0.6) is 0 Å². The predicted molar refractivity (Wildman–Crippen MR) is 41.6 cm³/mol. The van der Waals surface area contributed by atoms with Crippen molar-refractivity contribution < 1.29 is 4.79 Å². The summed E-state index contributed by atoms with van der Waals surface area (Å²) in [6, 6.07) is 0. The zero-order valence-electron chi connectivity index (χ0n) is 6.43. The molecule has 5 nitrogen and oxygen atoms in total. The molecule has 0 aromatic carbocycles. The Morgan fingerprint density at radius 2 is 2.33 bits per heavy atom. The highest BCUT2D eigenvalue weighted by molar-refractivity contribution is 5.86. The number of carbonyl (C=O) groups is 1. The van der Waals surface area contributed by atoms with Crippen LogP contribution in [0.15, 0.2) is 18.7 Å². The molecule has 0 fully saturated rings. The lowest BCUT2D eigenvalue weighted by Gasteiger charge is -1.93. The van der Waals surface area contributed by atoms with Gasteiger partial charge in [0.2, 0.25) is 5.91 Å². The second kappa shape index (κ2) is 2.37. The number of aromatic nitrogens is 4. The lowest BCUT2D eigenvalue weighted by atomic mass is 10.4. The smallest absolute Gasteiger partial charge is 0.245 e. The van der Waals surface area contributed by atoms with Gasteiger partial charge in [-0.2, -0.15) is 9.78 Å². The zero-order valence-corrected chi connectivity index (χ0v) is 6.43. The van der Waals surface area contributed by atoms with Crippen molar-refractivity contribution in [2.75, 3.05) is 0 Å². The lowest BCUT2D eigenvalue weighted by molar-refractivity contribution is 0.0926. The van der Waals surface area contributed by atoms with E-state index >= 15 is 0 Å². The van der Waals surface area contributed by atoms with Crippen molar-refractivity contribution in [2.45, 2.75) is 6.92 Å². The number of hydrogen-bond acceptors (Lipinski definition) is 4. The predicted octanol–water partition coefficient (Wildman–Crippen LogP) is 0.486. The van der Waals surface area contributed by atoms with Gasteiger partial charge in [0.05, 0.1) is 11.6 Å². The van der Waals surface area contributed by atoms with Crippen molar-refractivity contribution >= 4 is 16.9 Å². The quantitative estimate of drug-likeness (QED) is 0.565. The molecule has 0 spiro atoms. The maximum absolute atomic E-state index is 11.0. The van der Waals surface area contributed by atoms with Crippen LogP contribution in [-0.2, 0) is 0 Å². The molecule has 0 atom stereocenters. The van der Waals surface area contributed by atoms with Crippen molar-refractivity contribution in [2.24, 2.45) is 0 Å². The first-order valence-corrected chi connectivity index (χ1v) is 3.44. The van der Waals surface area contributed by atoms with Gasteiger partial charge in [0.25, 0.3) is 0 Å². The van der Waals surface area contributed by atoms with Gasteiger partial charge in [-0.3, -0.25) is 4.79 Å². The van der Waals surface area contributed by atoms with E-state index in [4.69, 9.17) is 0 Å². The molecule has 0 N–H and O–H groups in total. The molecule has 2 heterocycles. The third-order valence-corrected chi connectivity index (χ3v) is 1.53. The van der Waals surface area contributed by atoms with Crippen LogP contribution in [0.4, 0.5) is 0 Å². The van der Waals surface area contributed by atoms with Gasteiger partial charge in [-0.15, -0.1) is 0 Å². The van der Waals surface area contributed by atoms with E-state index in [9.17, 15) is 4.79 Å². The summed E-state index contributed by atoms with van der Waals surface area (Å²) >= 11 is 0. The highest BCUT2D eigenvalue weighted by Gasteiger charge is 2.05. The maximum Gasteiger partial charge on any atom is 0.245 e. The summed E-state index contributed by atoms with van der Waals surface area (Å²) in [5.74, 6) is -0.149. The Labute approximate surface area is 68.1 Å². The van der Waals surface area contributed by atoms with Crippen LogP contribution in [0, 0.1) is 0 Å². The van der Waals surface area contributed by atoms with Gasteiger partial charge in [-0.05, 0) is 0 Å². The molecule has 0 bridgehead atoms. The Hall–Kier alpha value is -1.78. The minimum Gasteiger partial charge on any atom is -0.273 e. The van der Waals surface area contributed by atoms with Gasteiger partial charge < -0.3 is 0 Å². The van der Waals surface area contributed by atoms with Crippen LogP contribution in [-0.4, -0.2) is 25.7 Å². The average molecular weight is 162 g/mol. The Balaban J connectivity index is 2.79. The Bertz CT molecular complexity index is 434. The van der Waals surface area contributed by atoms with E-state index in [-0.39, 0.29) is 5.91 Å². The third kappa shape index (κ3) is 0.868. The summed E-state index contributed by atoms with van der Waals surface area (Å²) < 4.78 is 1.25. The van der Waals surface area contributed by atoms with Gasteiger partial charge in [-0.1, -0.05) is 0 Å². The maximum atomic E-state index is 11.0. The highest BCUT2D eigenvalue weighted by Crippen LogP contribution is 2.06. The van der Waals surface area contributed by atoms with E-state index in [2.05, 4.69) is 15.1 Å². The second-order valence-corrected chi connectivity index (χ2v) is 2.38. The molecule has 2 rings (SSSR count). The summed E-state index contributed by atoms with van der Waals surface area (Å²) in [7, 11) is 0. The van der Waals surface area contributed by atoms with E-state index in [1.54, 1.807) is 12.4 Å². The Kier molecular flexibility index (Phi) is 1.36. The lowest BCUT2D eigenvalue weighted by Crippen LogP contribution is -2.07. The fourth-order valence-electron chi connectivity index (χ4n) is 1.01. The molecule has 0 aliphatic rings. The second-order valence-electron chi connectivity index (χ2n) is 2.38. The first-order chi connectivity index (χ1) is 5.79. The van der Waals surface area contributed by atoms with E-state index in [0.29, 0.717) is 5.65 Å². The fourth-order valence-corrected chi connectivity index (χ4v) is 1.01.